The fraction of sp³-hybridized carbons (Fsp3) is 0. The van der Waals surface area contributed by atoms with Gasteiger partial charge in [0, 0.05) is 11.6 Å². The zero-order chi connectivity index (χ0) is 11.4. The van der Waals surface area contributed by atoms with Crippen LogP contribution in [0, 0.1) is 5.82 Å². The maximum Gasteiger partial charge on any atom is 0.335 e. The van der Waals surface area contributed by atoms with Gasteiger partial charge < -0.3 is 10.2 Å². The minimum Gasteiger partial charge on any atom is -0.478 e. The second kappa shape index (κ2) is 4.36. The van der Waals surface area contributed by atoms with Gasteiger partial charge in [-0.2, -0.15) is 0 Å². The SMILES string of the molecule is O=C(O)C=Cc1ccc(C(=O)O)cc1F. The zero-order valence-corrected chi connectivity index (χ0v) is 7.48. The molecule has 2 N–H and O–H groups in total. The summed E-state index contributed by atoms with van der Waals surface area (Å²) in [6.45, 7) is 0. The van der Waals surface area contributed by atoms with Gasteiger partial charge in [0.1, 0.15) is 5.82 Å². The fourth-order valence-corrected chi connectivity index (χ4v) is 0.956. The van der Waals surface area contributed by atoms with Crippen LogP contribution in [-0.2, 0) is 4.79 Å². The fourth-order valence-electron chi connectivity index (χ4n) is 0.956. The molecular formula is C10H7FO4. The van der Waals surface area contributed by atoms with Gasteiger partial charge in [-0.3, -0.25) is 0 Å². The average molecular weight is 210 g/mol. The predicted octanol–water partition coefficient (Wildman–Crippen LogP) is 1.62. The van der Waals surface area contributed by atoms with Gasteiger partial charge in [-0.25, -0.2) is 14.0 Å². The summed E-state index contributed by atoms with van der Waals surface area (Å²) in [6, 6.07) is 3.25. The molecule has 0 heterocycles. The number of halogens is 1. The van der Waals surface area contributed by atoms with Crippen molar-refractivity contribution in [3.8, 4) is 0 Å². The van der Waals surface area contributed by atoms with Gasteiger partial charge in [0.15, 0.2) is 0 Å². The Morgan fingerprint density at radius 2 is 1.93 bits per heavy atom. The molecule has 78 valence electrons. The second-order valence-electron chi connectivity index (χ2n) is 2.71. The Balaban J connectivity index is 3.03. The third-order valence-electron chi connectivity index (χ3n) is 1.65. The van der Waals surface area contributed by atoms with Crippen LogP contribution in [0.5, 0.6) is 0 Å². The lowest BCUT2D eigenvalue weighted by Crippen LogP contribution is -1.97. The molecule has 0 aliphatic rings. The van der Waals surface area contributed by atoms with Crippen LogP contribution in [0.25, 0.3) is 6.08 Å². The molecule has 4 nitrogen and oxygen atoms in total. The molecule has 0 bridgehead atoms. The summed E-state index contributed by atoms with van der Waals surface area (Å²) >= 11 is 0. The molecular weight excluding hydrogens is 203 g/mol. The first-order valence-corrected chi connectivity index (χ1v) is 3.94. The third-order valence-corrected chi connectivity index (χ3v) is 1.65. The van der Waals surface area contributed by atoms with Crippen LogP contribution in [0.1, 0.15) is 15.9 Å². The van der Waals surface area contributed by atoms with Gasteiger partial charge in [0.25, 0.3) is 0 Å². The number of hydrogen-bond acceptors (Lipinski definition) is 2. The van der Waals surface area contributed by atoms with E-state index in [9.17, 15) is 14.0 Å². The molecule has 0 aromatic heterocycles. The highest BCUT2D eigenvalue weighted by atomic mass is 19.1. The molecule has 0 aliphatic heterocycles. The maximum atomic E-state index is 13.2. The van der Waals surface area contributed by atoms with Crippen LogP contribution in [0.2, 0.25) is 0 Å². The quantitative estimate of drug-likeness (QED) is 0.743. The van der Waals surface area contributed by atoms with Crippen molar-refractivity contribution in [2.24, 2.45) is 0 Å². The molecule has 1 aromatic carbocycles. The second-order valence-corrected chi connectivity index (χ2v) is 2.71. The normalized spacial score (nSPS) is 10.5. The zero-order valence-electron chi connectivity index (χ0n) is 7.48. The summed E-state index contributed by atoms with van der Waals surface area (Å²) in [4.78, 5) is 20.6. The van der Waals surface area contributed by atoms with E-state index in [4.69, 9.17) is 10.2 Å². The van der Waals surface area contributed by atoms with Crippen LogP contribution < -0.4 is 0 Å². The molecule has 0 unspecified atom stereocenters. The first kappa shape index (κ1) is 10.9. The first-order chi connectivity index (χ1) is 7.00. The van der Waals surface area contributed by atoms with Crippen molar-refractivity contribution in [1.82, 2.24) is 0 Å². The maximum absolute atomic E-state index is 13.2. The minimum absolute atomic E-state index is 0.0300. The van der Waals surface area contributed by atoms with Gasteiger partial charge in [0.05, 0.1) is 5.56 Å². The standard InChI is InChI=1S/C10H7FO4/c11-8-5-7(10(14)15)2-1-6(8)3-4-9(12)13/h1-5H,(H,12,13)(H,14,15). The van der Waals surface area contributed by atoms with E-state index in [1.807, 2.05) is 0 Å². The predicted molar refractivity (Wildman–Crippen MR) is 50.0 cm³/mol. The molecule has 5 heteroatoms. The Morgan fingerprint density at radius 3 is 2.40 bits per heavy atom. The van der Waals surface area contributed by atoms with E-state index in [1.165, 1.54) is 12.1 Å². The van der Waals surface area contributed by atoms with E-state index in [0.717, 1.165) is 18.2 Å². The number of rotatable bonds is 3. The monoisotopic (exact) mass is 210 g/mol. The van der Waals surface area contributed by atoms with Crippen molar-refractivity contribution in [3.63, 3.8) is 0 Å². The summed E-state index contributed by atoms with van der Waals surface area (Å²) in [5, 5.41) is 16.8. The number of carboxylic acids is 2. The Morgan fingerprint density at radius 1 is 1.27 bits per heavy atom. The number of carbonyl (C=O) groups is 2. The highest BCUT2D eigenvalue weighted by molar-refractivity contribution is 5.88. The van der Waals surface area contributed by atoms with Crippen LogP contribution in [0.4, 0.5) is 4.39 Å². The number of hydrogen-bond donors (Lipinski definition) is 2. The Bertz CT molecular complexity index is 437. The van der Waals surface area contributed by atoms with E-state index in [-0.39, 0.29) is 11.1 Å². The van der Waals surface area contributed by atoms with Crippen molar-refractivity contribution >= 4 is 18.0 Å². The first-order valence-electron chi connectivity index (χ1n) is 3.94. The van der Waals surface area contributed by atoms with Crippen molar-refractivity contribution < 1.29 is 24.2 Å². The van der Waals surface area contributed by atoms with Crippen LogP contribution in [-0.4, -0.2) is 22.2 Å². The molecule has 0 spiro atoms. The van der Waals surface area contributed by atoms with Gasteiger partial charge in [0.2, 0.25) is 0 Å². The Hall–Kier alpha value is -2.17. The minimum atomic E-state index is -1.23. The van der Waals surface area contributed by atoms with E-state index in [0.29, 0.717) is 0 Å². The topological polar surface area (TPSA) is 74.6 Å². The van der Waals surface area contributed by atoms with Crippen LogP contribution >= 0.6 is 0 Å². The van der Waals surface area contributed by atoms with Gasteiger partial charge in [-0.15, -0.1) is 0 Å². The lowest BCUT2D eigenvalue weighted by molar-refractivity contribution is -0.131. The molecule has 0 saturated heterocycles. The smallest absolute Gasteiger partial charge is 0.335 e. The van der Waals surface area contributed by atoms with E-state index < -0.39 is 17.8 Å². The summed E-state index contributed by atoms with van der Waals surface area (Å²) in [5.41, 5.74) is -0.151. The lowest BCUT2D eigenvalue weighted by atomic mass is 10.1. The summed E-state index contributed by atoms with van der Waals surface area (Å²) in [7, 11) is 0. The average Bonchev–Trinajstić information content (AvgIpc) is 2.15. The molecule has 0 aliphatic carbocycles. The van der Waals surface area contributed by atoms with Gasteiger partial charge in [-0.05, 0) is 18.2 Å². The highest BCUT2D eigenvalue weighted by Gasteiger charge is 2.06. The molecule has 1 rings (SSSR count). The van der Waals surface area contributed by atoms with Gasteiger partial charge >= 0.3 is 11.9 Å². The van der Waals surface area contributed by atoms with E-state index in [2.05, 4.69) is 0 Å². The van der Waals surface area contributed by atoms with Gasteiger partial charge in [-0.1, -0.05) is 6.07 Å². The molecule has 0 saturated carbocycles. The number of aromatic carboxylic acids is 1. The molecule has 0 radical (unpaired) electrons. The number of aliphatic carboxylic acids is 1. The largest absolute Gasteiger partial charge is 0.478 e. The molecule has 15 heavy (non-hydrogen) atoms. The van der Waals surface area contributed by atoms with Crippen LogP contribution in [0.15, 0.2) is 24.3 Å². The Kier molecular flexibility index (Phi) is 3.17. The Labute approximate surface area is 84.3 Å². The number of carboxylic acid groups (broad SMARTS) is 2. The lowest BCUT2D eigenvalue weighted by Gasteiger charge is -1.98. The molecule has 1 aromatic rings. The summed E-state index contributed by atoms with van der Waals surface area (Å²) < 4.78 is 13.2. The molecule has 0 amide bonds. The van der Waals surface area contributed by atoms with Crippen molar-refractivity contribution in [3.05, 3.63) is 41.2 Å². The van der Waals surface area contributed by atoms with Crippen molar-refractivity contribution in [1.29, 1.82) is 0 Å². The van der Waals surface area contributed by atoms with Crippen molar-refractivity contribution in [2.45, 2.75) is 0 Å². The summed E-state index contributed by atoms with van der Waals surface area (Å²) in [6.07, 6.45) is 1.84. The molecule has 0 fully saturated rings. The molecule has 0 atom stereocenters. The highest BCUT2D eigenvalue weighted by Crippen LogP contribution is 2.12. The van der Waals surface area contributed by atoms with E-state index in [1.54, 1.807) is 0 Å². The van der Waals surface area contributed by atoms with Crippen molar-refractivity contribution in [2.75, 3.05) is 0 Å². The summed E-state index contributed by atoms with van der Waals surface area (Å²) in [5.74, 6) is -3.20. The van der Waals surface area contributed by atoms with E-state index >= 15 is 0 Å². The van der Waals surface area contributed by atoms with Crippen LogP contribution in [0.3, 0.4) is 0 Å². The third kappa shape index (κ3) is 2.91. The number of benzene rings is 1.